The Morgan fingerprint density at radius 2 is 1.77 bits per heavy atom. The molecule has 2 heterocycles. The van der Waals surface area contributed by atoms with Gasteiger partial charge in [0.1, 0.15) is 9.71 Å². The molecule has 0 aliphatic carbocycles. The molecule has 31 heavy (non-hydrogen) atoms. The summed E-state index contributed by atoms with van der Waals surface area (Å²) in [6.45, 7) is 1.41. The Morgan fingerprint density at radius 1 is 1.06 bits per heavy atom. The van der Waals surface area contributed by atoms with E-state index in [2.05, 4.69) is 10.4 Å². The minimum absolute atomic E-state index is 0.291. The zero-order valence-corrected chi connectivity index (χ0v) is 19.1. The van der Waals surface area contributed by atoms with Gasteiger partial charge in [-0.3, -0.25) is 4.79 Å². The molecule has 0 bridgehead atoms. The van der Waals surface area contributed by atoms with Crippen LogP contribution in [-0.4, -0.2) is 28.3 Å². The number of esters is 1. The van der Waals surface area contributed by atoms with Gasteiger partial charge in [-0.1, -0.05) is 34.8 Å². The number of thiophene rings is 1. The van der Waals surface area contributed by atoms with Gasteiger partial charge in [-0.2, -0.15) is 5.10 Å². The van der Waals surface area contributed by atoms with Crippen molar-refractivity contribution in [1.82, 2.24) is 9.78 Å². The number of carbonyl (C=O) groups excluding carboxylic acids is 2. The second kappa shape index (κ2) is 8.88. The molecule has 6 nitrogen and oxygen atoms in total. The Morgan fingerprint density at radius 3 is 2.48 bits per heavy atom. The number of rotatable bonds is 5. The van der Waals surface area contributed by atoms with Crippen molar-refractivity contribution in [3.63, 3.8) is 0 Å². The summed E-state index contributed by atoms with van der Waals surface area (Å²) >= 11 is 19.1. The van der Waals surface area contributed by atoms with Crippen LogP contribution < -0.4 is 5.32 Å². The van der Waals surface area contributed by atoms with E-state index in [1.54, 1.807) is 35.0 Å². The van der Waals surface area contributed by atoms with Gasteiger partial charge in [0.05, 0.1) is 22.1 Å². The summed E-state index contributed by atoms with van der Waals surface area (Å²) in [6, 6.07) is 13.6. The van der Waals surface area contributed by atoms with Gasteiger partial charge in [-0.25, -0.2) is 9.48 Å². The number of hydrogen-bond donors (Lipinski definition) is 1. The Kier molecular flexibility index (Phi) is 6.20. The number of halogens is 3. The fourth-order valence-electron chi connectivity index (χ4n) is 2.88. The molecule has 0 fully saturated rings. The van der Waals surface area contributed by atoms with E-state index >= 15 is 0 Å². The van der Waals surface area contributed by atoms with E-state index < -0.39 is 18.5 Å². The van der Waals surface area contributed by atoms with Crippen molar-refractivity contribution in [3.05, 3.63) is 74.2 Å². The van der Waals surface area contributed by atoms with Crippen molar-refractivity contribution in [3.8, 4) is 5.69 Å². The van der Waals surface area contributed by atoms with E-state index in [-0.39, 0.29) is 0 Å². The number of nitrogens with one attached hydrogen (secondary N) is 1. The molecule has 0 atom stereocenters. The van der Waals surface area contributed by atoms with Crippen LogP contribution in [0, 0.1) is 6.92 Å². The van der Waals surface area contributed by atoms with E-state index in [0.717, 1.165) is 21.6 Å². The standard InChI is InChI=1S/C21H14Cl3N3O3S/c1-11-15-9-18(31-20(15)27(26-11)14-5-2-12(22)3-6-14)21(29)30-10-19(28)25-17-7-4-13(23)8-16(17)24/h2-9H,10H2,1H3,(H,25,28). The summed E-state index contributed by atoms with van der Waals surface area (Å²) < 4.78 is 6.92. The molecular weight excluding hydrogens is 481 g/mol. The summed E-state index contributed by atoms with van der Waals surface area (Å²) in [6.07, 6.45) is 0. The molecule has 158 valence electrons. The van der Waals surface area contributed by atoms with E-state index in [9.17, 15) is 9.59 Å². The van der Waals surface area contributed by atoms with Gasteiger partial charge < -0.3 is 10.1 Å². The van der Waals surface area contributed by atoms with Crippen molar-refractivity contribution >= 4 is 73.9 Å². The first-order valence-corrected chi connectivity index (χ1v) is 10.9. The molecular formula is C21H14Cl3N3O3S. The number of benzene rings is 2. The van der Waals surface area contributed by atoms with Crippen molar-refractivity contribution in [2.24, 2.45) is 0 Å². The van der Waals surface area contributed by atoms with Crippen LogP contribution in [-0.2, 0) is 9.53 Å². The van der Waals surface area contributed by atoms with E-state index in [4.69, 9.17) is 39.5 Å². The molecule has 2 aromatic heterocycles. The largest absolute Gasteiger partial charge is 0.451 e. The maximum Gasteiger partial charge on any atom is 0.348 e. The van der Waals surface area contributed by atoms with Crippen LogP contribution in [0.25, 0.3) is 15.9 Å². The average Bonchev–Trinajstić information content (AvgIpc) is 3.30. The molecule has 10 heteroatoms. The lowest BCUT2D eigenvalue weighted by Gasteiger charge is -2.08. The van der Waals surface area contributed by atoms with Crippen molar-refractivity contribution in [1.29, 1.82) is 0 Å². The van der Waals surface area contributed by atoms with Crippen LogP contribution in [0.4, 0.5) is 5.69 Å². The zero-order valence-electron chi connectivity index (χ0n) is 16.0. The van der Waals surface area contributed by atoms with Crippen molar-refractivity contribution in [2.75, 3.05) is 11.9 Å². The second-order valence-electron chi connectivity index (χ2n) is 6.55. The van der Waals surface area contributed by atoms with Crippen molar-refractivity contribution in [2.45, 2.75) is 6.92 Å². The maximum atomic E-state index is 12.5. The molecule has 0 unspecified atom stereocenters. The van der Waals surface area contributed by atoms with Gasteiger partial charge in [-0.05, 0) is 55.5 Å². The topological polar surface area (TPSA) is 73.2 Å². The lowest BCUT2D eigenvalue weighted by atomic mass is 10.3. The van der Waals surface area contributed by atoms with Crippen molar-refractivity contribution < 1.29 is 14.3 Å². The molecule has 0 aliphatic heterocycles. The minimum atomic E-state index is -0.597. The number of carbonyl (C=O) groups is 2. The number of nitrogens with zero attached hydrogens (tertiary/aromatic N) is 2. The number of hydrogen-bond acceptors (Lipinski definition) is 5. The lowest BCUT2D eigenvalue weighted by Crippen LogP contribution is -2.20. The Balaban J connectivity index is 1.47. The SMILES string of the molecule is Cc1nn(-c2ccc(Cl)cc2)c2sc(C(=O)OCC(=O)Nc3ccc(Cl)cc3Cl)cc12. The number of anilines is 1. The van der Waals surface area contributed by atoms with Crippen LogP contribution in [0.2, 0.25) is 15.1 Å². The number of fused-ring (bicyclic) bond motifs is 1. The normalized spacial score (nSPS) is 11.0. The highest BCUT2D eigenvalue weighted by Crippen LogP contribution is 2.31. The fraction of sp³-hybridized carbons (Fsp3) is 0.0952. The van der Waals surface area contributed by atoms with Gasteiger partial charge in [0.25, 0.3) is 5.91 Å². The van der Waals surface area contributed by atoms with Crippen LogP contribution in [0.3, 0.4) is 0 Å². The Labute approximate surface area is 196 Å². The molecule has 0 spiro atoms. The maximum absolute atomic E-state index is 12.5. The number of ether oxygens (including phenoxy) is 1. The zero-order chi connectivity index (χ0) is 22.1. The number of aromatic nitrogens is 2. The summed E-state index contributed by atoms with van der Waals surface area (Å²) in [4.78, 5) is 25.8. The van der Waals surface area contributed by atoms with E-state index in [0.29, 0.717) is 25.6 Å². The average molecular weight is 495 g/mol. The molecule has 0 saturated heterocycles. The minimum Gasteiger partial charge on any atom is -0.451 e. The monoisotopic (exact) mass is 493 g/mol. The highest BCUT2D eigenvalue weighted by Gasteiger charge is 2.19. The van der Waals surface area contributed by atoms with E-state index in [1.807, 2.05) is 19.1 Å². The predicted molar refractivity (Wildman–Crippen MR) is 124 cm³/mol. The molecule has 0 aliphatic rings. The first-order valence-electron chi connectivity index (χ1n) is 8.99. The fourth-order valence-corrected chi connectivity index (χ4v) is 4.54. The molecule has 0 radical (unpaired) electrons. The molecule has 1 amide bonds. The Bertz CT molecular complexity index is 1300. The second-order valence-corrected chi connectivity index (χ2v) is 8.86. The molecule has 2 aromatic carbocycles. The van der Waals surface area contributed by atoms with Crippen LogP contribution >= 0.6 is 46.1 Å². The molecule has 1 N–H and O–H groups in total. The predicted octanol–water partition coefficient (Wildman–Crippen LogP) is 6.15. The molecule has 0 saturated carbocycles. The first-order chi connectivity index (χ1) is 14.8. The van der Waals surface area contributed by atoms with E-state index in [1.165, 1.54) is 17.4 Å². The number of aryl methyl sites for hydroxylation is 1. The highest BCUT2D eigenvalue weighted by atomic mass is 35.5. The molecule has 4 aromatic rings. The number of amides is 1. The third kappa shape index (κ3) is 4.70. The third-order valence-electron chi connectivity index (χ3n) is 4.36. The Hall–Kier alpha value is -2.58. The highest BCUT2D eigenvalue weighted by molar-refractivity contribution is 7.20. The molecule has 4 rings (SSSR count). The van der Waals surface area contributed by atoms with Gasteiger partial charge >= 0.3 is 5.97 Å². The first kappa shape index (κ1) is 21.6. The van der Waals surface area contributed by atoms with Crippen LogP contribution in [0.15, 0.2) is 48.5 Å². The summed E-state index contributed by atoms with van der Waals surface area (Å²) in [5.41, 5.74) is 1.98. The smallest absolute Gasteiger partial charge is 0.348 e. The van der Waals surface area contributed by atoms with Gasteiger partial charge in [0.15, 0.2) is 6.61 Å². The summed E-state index contributed by atoms with van der Waals surface area (Å²) in [5, 5.41) is 9.31. The van der Waals surface area contributed by atoms with Crippen LogP contribution in [0.1, 0.15) is 15.4 Å². The van der Waals surface area contributed by atoms with Gasteiger partial charge in [0, 0.05) is 15.4 Å². The summed E-state index contributed by atoms with van der Waals surface area (Å²) in [7, 11) is 0. The van der Waals surface area contributed by atoms with Gasteiger partial charge in [-0.15, -0.1) is 11.3 Å². The quantitative estimate of drug-likeness (QED) is 0.338. The summed E-state index contributed by atoms with van der Waals surface area (Å²) in [5.74, 6) is -1.11. The van der Waals surface area contributed by atoms with Crippen LogP contribution in [0.5, 0.6) is 0 Å². The van der Waals surface area contributed by atoms with Gasteiger partial charge in [0.2, 0.25) is 0 Å². The lowest BCUT2D eigenvalue weighted by molar-refractivity contribution is -0.119. The third-order valence-corrected chi connectivity index (χ3v) is 6.25.